The Labute approximate surface area is 123 Å². The van der Waals surface area contributed by atoms with Crippen molar-refractivity contribution in [3.63, 3.8) is 0 Å². The van der Waals surface area contributed by atoms with Gasteiger partial charge in [-0.15, -0.1) is 0 Å². The molecule has 92 valence electrons. The van der Waals surface area contributed by atoms with Crippen LogP contribution < -0.4 is 0 Å². The molecule has 0 atom stereocenters. The van der Waals surface area contributed by atoms with Gasteiger partial charge >= 0.3 is 0 Å². The predicted octanol–water partition coefficient (Wildman–Crippen LogP) is 5.17. The number of aldehydes is 1. The number of hydrogen-bond donors (Lipinski definition) is 0. The van der Waals surface area contributed by atoms with E-state index < -0.39 is 0 Å². The predicted molar refractivity (Wildman–Crippen MR) is 75.1 cm³/mol. The van der Waals surface area contributed by atoms with Crippen LogP contribution in [0.15, 0.2) is 24.3 Å². The van der Waals surface area contributed by atoms with Crippen LogP contribution in [-0.4, -0.2) is 11.3 Å². The Hall–Kier alpha value is -0.800. The van der Waals surface area contributed by atoms with Gasteiger partial charge in [-0.05, 0) is 24.3 Å². The molecule has 0 amide bonds. The molecular weight excluding hydrogens is 316 g/mol. The van der Waals surface area contributed by atoms with Crippen LogP contribution in [0.1, 0.15) is 10.4 Å². The minimum Gasteiger partial charge on any atom is -0.298 e. The number of nitrogens with zero attached hydrogens (tertiary/aromatic N) is 1. The van der Waals surface area contributed by atoms with Crippen LogP contribution in [0, 0.1) is 0 Å². The summed E-state index contributed by atoms with van der Waals surface area (Å²) in [6.07, 6.45) is 0.659. The standard InChI is InChI=1S/C12H5Cl4NO/c13-7-2-3-8(14)11(16)10(7)12-6(5-18)1-4-9(15)17-12/h1-5H. The fourth-order valence-electron chi connectivity index (χ4n) is 1.49. The van der Waals surface area contributed by atoms with Crippen LogP contribution in [0.3, 0.4) is 0 Å². The smallest absolute Gasteiger partial charge is 0.152 e. The summed E-state index contributed by atoms with van der Waals surface area (Å²) in [4.78, 5) is 15.1. The van der Waals surface area contributed by atoms with Gasteiger partial charge in [-0.2, -0.15) is 0 Å². The molecular formula is C12H5Cl4NO. The van der Waals surface area contributed by atoms with Crippen LogP contribution in [0.5, 0.6) is 0 Å². The Kier molecular flexibility index (Phi) is 4.13. The summed E-state index contributed by atoms with van der Waals surface area (Å²) in [6, 6.07) is 6.22. The maximum atomic E-state index is 11.0. The van der Waals surface area contributed by atoms with E-state index in [0.717, 1.165) is 0 Å². The van der Waals surface area contributed by atoms with Crippen LogP contribution in [0.25, 0.3) is 11.3 Å². The van der Waals surface area contributed by atoms with Crippen molar-refractivity contribution in [3.8, 4) is 11.3 Å². The second-order valence-electron chi connectivity index (χ2n) is 3.41. The van der Waals surface area contributed by atoms with E-state index in [4.69, 9.17) is 46.4 Å². The van der Waals surface area contributed by atoms with Gasteiger partial charge in [0.15, 0.2) is 6.29 Å². The SMILES string of the molecule is O=Cc1ccc(Cl)nc1-c1c(Cl)ccc(Cl)c1Cl. The highest BCUT2D eigenvalue weighted by molar-refractivity contribution is 6.46. The number of benzene rings is 1. The fourth-order valence-corrected chi connectivity index (χ4v) is 2.34. The molecule has 0 saturated carbocycles. The van der Waals surface area contributed by atoms with Gasteiger partial charge in [0.2, 0.25) is 0 Å². The van der Waals surface area contributed by atoms with E-state index in [2.05, 4.69) is 4.98 Å². The van der Waals surface area contributed by atoms with Crippen molar-refractivity contribution < 1.29 is 4.79 Å². The lowest BCUT2D eigenvalue weighted by molar-refractivity contribution is 0.112. The number of hydrogen-bond acceptors (Lipinski definition) is 2. The van der Waals surface area contributed by atoms with E-state index >= 15 is 0 Å². The second kappa shape index (κ2) is 5.45. The maximum Gasteiger partial charge on any atom is 0.152 e. The average Bonchev–Trinajstić information content (AvgIpc) is 2.35. The van der Waals surface area contributed by atoms with Crippen molar-refractivity contribution in [1.29, 1.82) is 0 Å². The molecule has 1 aromatic heterocycles. The molecule has 1 aromatic carbocycles. The Morgan fingerprint density at radius 3 is 2.28 bits per heavy atom. The lowest BCUT2D eigenvalue weighted by Crippen LogP contribution is -1.94. The quantitative estimate of drug-likeness (QED) is 0.434. The molecule has 0 aliphatic heterocycles. The van der Waals surface area contributed by atoms with Gasteiger partial charge < -0.3 is 0 Å². The number of carbonyl (C=O) groups excluding carboxylic acids is 1. The maximum absolute atomic E-state index is 11.0. The second-order valence-corrected chi connectivity index (χ2v) is 4.99. The highest BCUT2D eigenvalue weighted by atomic mass is 35.5. The van der Waals surface area contributed by atoms with Gasteiger partial charge in [0.05, 0.1) is 20.8 Å². The average molecular weight is 321 g/mol. The molecule has 0 aliphatic carbocycles. The number of aromatic nitrogens is 1. The van der Waals surface area contributed by atoms with E-state index in [-0.39, 0.29) is 10.2 Å². The van der Waals surface area contributed by atoms with Crippen molar-refractivity contribution in [3.05, 3.63) is 50.0 Å². The molecule has 2 rings (SSSR count). The first-order chi connectivity index (χ1) is 8.54. The summed E-state index contributed by atoms with van der Waals surface area (Å²) >= 11 is 23.9. The van der Waals surface area contributed by atoms with Gasteiger partial charge in [0.1, 0.15) is 5.15 Å². The van der Waals surface area contributed by atoms with Gasteiger partial charge in [0, 0.05) is 11.1 Å². The Bertz CT molecular complexity index is 628. The molecule has 1 heterocycles. The molecule has 2 nitrogen and oxygen atoms in total. The summed E-state index contributed by atoms with van der Waals surface area (Å²) in [5, 5.41) is 1.15. The molecule has 0 N–H and O–H groups in total. The third kappa shape index (κ3) is 2.47. The molecule has 18 heavy (non-hydrogen) atoms. The van der Waals surface area contributed by atoms with Crippen LogP contribution in [0.2, 0.25) is 20.2 Å². The number of rotatable bonds is 2. The van der Waals surface area contributed by atoms with E-state index in [1.54, 1.807) is 18.2 Å². The van der Waals surface area contributed by atoms with E-state index in [1.165, 1.54) is 6.07 Å². The highest BCUT2D eigenvalue weighted by Gasteiger charge is 2.16. The summed E-state index contributed by atoms with van der Waals surface area (Å²) in [7, 11) is 0. The van der Waals surface area contributed by atoms with Crippen molar-refractivity contribution in [1.82, 2.24) is 4.98 Å². The molecule has 0 spiro atoms. The molecule has 0 bridgehead atoms. The first-order valence-corrected chi connectivity index (χ1v) is 6.31. The fraction of sp³-hybridized carbons (Fsp3) is 0. The summed E-state index contributed by atoms with van der Waals surface area (Å²) in [6.45, 7) is 0. The Morgan fingerprint density at radius 2 is 1.61 bits per heavy atom. The van der Waals surface area contributed by atoms with E-state index in [0.29, 0.717) is 33.2 Å². The zero-order chi connectivity index (χ0) is 13.3. The van der Waals surface area contributed by atoms with Crippen molar-refractivity contribution in [2.45, 2.75) is 0 Å². The summed E-state index contributed by atoms with van der Waals surface area (Å²) in [5.74, 6) is 0. The third-order valence-corrected chi connectivity index (χ3v) is 3.63. The lowest BCUT2D eigenvalue weighted by Gasteiger charge is -2.10. The lowest BCUT2D eigenvalue weighted by atomic mass is 10.1. The van der Waals surface area contributed by atoms with E-state index in [1.807, 2.05) is 0 Å². The van der Waals surface area contributed by atoms with Gasteiger partial charge in [-0.3, -0.25) is 4.79 Å². The zero-order valence-corrected chi connectivity index (χ0v) is 11.8. The number of pyridine rings is 1. The van der Waals surface area contributed by atoms with Crippen LogP contribution in [0.4, 0.5) is 0 Å². The third-order valence-electron chi connectivity index (χ3n) is 2.30. The Balaban J connectivity index is 2.80. The van der Waals surface area contributed by atoms with Gasteiger partial charge in [-0.25, -0.2) is 4.98 Å². The molecule has 0 fully saturated rings. The van der Waals surface area contributed by atoms with Crippen molar-refractivity contribution in [2.24, 2.45) is 0 Å². The zero-order valence-electron chi connectivity index (χ0n) is 8.75. The van der Waals surface area contributed by atoms with Crippen LogP contribution >= 0.6 is 46.4 Å². The molecule has 6 heteroatoms. The number of carbonyl (C=O) groups is 1. The molecule has 0 unspecified atom stereocenters. The largest absolute Gasteiger partial charge is 0.298 e. The summed E-state index contributed by atoms with van der Waals surface area (Å²) in [5.41, 5.74) is 1.05. The topological polar surface area (TPSA) is 30.0 Å². The molecule has 0 radical (unpaired) electrons. The normalized spacial score (nSPS) is 10.4. The first-order valence-electron chi connectivity index (χ1n) is 4.80. The monoisotopic (exact) mass is 319 g/mol. The Morgan fingerprint density at radius 1 is 0.944 bits per heavy atom. The van der Waals surface area contributed by atoms with Crippen molar-refractivity contribution in [2.75, 3.05) is 0 Å². The number of halogens is 4. The first kappa shape index (κ1) is 13.6. The summed E-state index contributed by atoms with van der Waals surface area (Å²) < 4.78 is 0. The van der Waals surface area contributed by atoms with Crippen molar-refractivity contribution >= 4 is 52.7 Å². The minimum absolute atomic E-state index is 0.238. The van der Waals surface area contributed by atoms with Gasteiger partial charge in [0.25, 0.3) is 0 Å². The molecule has 0 saturated heterocycles. The van der Waals surface area contributed by atoms with E-state index in [9.17, 15) is 4.79 Å². The molecule has 0 aliphatic rings. The highest BCUT2D eigenvalue weighted by Crippen LogP contribution is 2.39. The van der Waals surface area contributed by atoms with Crippen LogP contribution in [-0.2, 0) is 0 Å². The minimum atomic E-state index is 0.238. The molecule has 2 aromatic rings. The van der Waals surface area contributed by atoms with Gasteiger partial charge in [-0.1, -0.05) is 46.4 Å².